The third-order valence-corrected chi connectivity index (χ3v) is 3.85. The van der Waals surface area contributed by atoms with E-state index in [0.29, 0.717) is 5.69 Å². The van der Waals surface area contributed by atoms with Crippen molar-refractivity contribution in [3.8, 4) is 0 Å². The Kier molecular flexibility index (Phi) is 5.38. The number of esters is 2. The summed E-state index contributed by atoms with van der Waals surface area (Å²) in [4.78, 5) is 37.6. The van der Waals surface area contributed by atoms with E-state index >= 15 is 0 Å². The first-order valence-corrected chi connectivity index (χ1v) is 7.61. The van der Waals surface area contributed by atoms with Gasteiger partial charge in [0.15, 0.2) is 0 Å². The molecule has 25 heavy (non-hydrogen) atoms. The molecule has 0 saturated carbocycles. The first-order valence-electron chi connectivity index (χ1n) is 7.61. The van der Waals surface area contributed by atoms with Gasteiger partial charge in [-0.25, -0.2) is 9.59 Å². The standard InChI is InChI=1S/C18H19NO6/c1-4-25-16(21)13(9-7-11-15(20)24-3)18(23)12-8-5-6-10-14(12)19(2)17(18)22/h5-11,23H,4H2,1-3H3/b11-7+,13-9+. The van der Waals surface area contributed by atoms with Crippen molar-refractivity contribution in [2.75, 3.05) is 25.7 Å². The molecular weight excluding hydrogens is 326 g/mol. The third kappa shape index (κ3) is 3.18. The summed E-state index contributed by atoms with van der Waals surface area (Å²) in [5, 5.41) is 11.2. The average molecular weight is 345 g/mol. The van der Waals surface area contributed by atoms with Crippen LogP contribution in [0.5, 0.6) is 0 Å². The van der Waals surface area contributed by atoms with Crippen LogP contribution in [0.4, 0.5) is 5.69 Å². The maximum Gasteiger partial charge on any atom is 0.337 e. The second-order valence-corrected chi connectivity index (χ2v) is 5.27. The zero-order chi connectivity index (χ0) is 18.6. The number of rotatable bonds is 5. The maximum atomic E-state index is 12.7. The van der Waals surface area contributed by atoms with Gasteiger partial charge in [0, 0.05) is 18.7 Å². The molecule has 1 unspecified atom stereocenters. The van der Waals surface area contributed by atoms with E-state index in [0.717, 1.165) is 6.08 Å². The monoisotopic (exact) mass is 345 g/mol. The maximum absolute atomic E-state index is 12.7. The van der Waals surface area contributed by atoms with Crippen LogP contribution < -0.4 is 4.90 Å². The summed E-state index contributed by atoms with van der Waals surface area (Å²) in [6.45, 7) is 1.68. The minimum atomic E-state index is -2.20. The Hall–Kier alpha value is -2.93. The van der Waals surface area contributed by atoms with Crippen LogP contribution in [0.25, 0.3) is 0 Å². The molecule has 0 bridgehead atoms. The van der Waals surface area contributed by atoms with Crippen LogP contribution >= 0.6 is 0 Å². The fourth-order valence-corrected chi connectivity index (χ4v) is 2.64. The van der Waals surface area contributed by atoms with E-state index in [9.17, 15) is 19.5 Å². The summed E-state index contributed by atoms with van der Waals surface area (Å²) in [6, 6.07) is 6.61. The van der Waals surface area contributed by atoms with E-state index in [1.807, 2.05) is 0 Å². The molecule has 2 rings (SSSR count). The molecular formula is C18H19NO6. The highest BCUT2D eigenvalue weighted by Crippen LogP contribution is 2.44. The number of aliphatic hydroxyl groups is 1. The van der Waals surface area contributed by atoms with Gasteiger partial charge in [-0.15, -0.1) is 0 Å². The molecule has 1 aromatic carbocycles. The van der Waals surface area contributed by atoms with Crippen LogP contribution in [0.3, 0.4) is 0 Å². The summed E-state index contributed by atoms with van der Waals surface area (Å²) in [6.07, 6.45) is 3.48. The third-order valence-electron chi connectivity index (χ3n) is 3.85. The summed E-state index contributed by atoms with van der Waals surface area (Å²) in [7, 11) is 2.72. The number of hydrogen-bond donors (Lipinski definition) is 1. The molecule has 7 heteroatoms. The summed E-state index contributed by atoms with van der Waals surface area (Å²) < 4.78 is 9.45. The number of para-hydroxylation sites is 1. The van der Waals surface area contributed by atoms with Crippen molar-refractivity contribution in [3.63, 3.8) is 0 Å². The molecule has 1 amide bonds. The smallest absolute Gasteiger partial charge is 0.337 e. The lowest BCUT2D eigenvalue weighted by Crippen LogP contribution is -2.42. The van der Waals surface area contributed by atoms with E-state index in [2.05, 4.69) is 4.74 Å². The number of nitrogens with zero attached hydrogens (tertiary/aromatic N) is 1. The number of carbonyl (C=O) groups is 3. The Balaban J connectivity index is 2.58. The van der Waals surface area contributed by atoms with Crippen molar-refractivity contribution in [2.24, 2.45) is 0 Å². The van der Waals surface area contributed by atoms with Crippen LogP contribution in [0.15, 0.2) is 48.1 Å². The van der Waals surface area contributed by atoms with E-state index in [4.69, 9.17) is 4.74 Å². The van der Waals surface area contributed by atoms with Crippen molar-refractivity contribution >= 4 is 23.5 Å². The van der Waals surface area contributed by atoms with Crippen LogP contribution in [0, 0.1) is 0 Å². The number of hydrogen-bond acceptors (Lipinski definition) is 6. The normalized spacial score (nSPS) is 19.9. The molecule has 1 heterocycles. The van der Waals surface area contributed by atoms with Crippen LogP contribution in [0.2, 0.25) is 0 Å². The van der Waals surface area contributed by atoms with Crippen LogP contribution in [-0.4, -0.2) is 43.7 Å². The Labute approximate surface area is 145 Å². The van der Waals surface area contributed by atoms with E-state index in [-0.39, 0.29) is 17.7 Å². The average Bonchev–Trinajstić information content (AvgIpc) is 2.81. The van der Waals surface area contributed by atoms with Gasteiger partial charge in [0.2, 0.25) is 5.60 Å². The number of carbonyl (C=O) groups excluding carboxylic acids is 3. The van der Waals surface area contributed by atoms with Crippen molar-refractivity contribution in [1.29, 1.82) is 0 Å². The van der Waals surface area contributed by atoms with Gasteiger partial charge in [-0.3, -0.25) is 4.79 Å². The molecule has 0 aromatic heterocycles. The molecule has 1 aliphatic rings. The predicted molar refractivity (Wildman–Crippen MR) is 89.6 cm³/mol. The van der Waals surface area contributed by atoms with E-state index in [1.165, 1.54) is 31.2 Å². The molecule has 0 spiro atoms. The summed E-state index contributed by atoms with van der Waals surface area (Å²) in [5.41, 5.74) is -1.72. The van der Waals surface area contributed by atoms with Crippen LogP contribution in [0.1, 0.15) is 12.5 Å². The van der Waals surface area contributed by atoms with Gasteiger partial charge >= 0.3 is 11.9 Å². The molecule has 0 radical (unpaired) electrons. The fraction of sp³-hybridized carbons (Fsp3) is 0.278. The highest BCUT2D eigenvalue weighted by Gasteiger charge is 2.53. The van der Waals surface area contributed by atoms with Gasteiger partial charge in [0.25, 0.3) is 5.91 Å². The topological polar surface area (TPSA) is 93.1 Å². The lowest BCUT2D eigenvalue weighted by molar-refractivity contribution is -0.145. The molecule has 0 fully saturated rings. The first-order chi connectivity index (χ1) is 11.9. The Bertz CT molecular complexity index is 767. The van der Waals surface area contributed by atoms with Crippen molar-refractivity contribution in [3.05, 3.63) is 53.6 Å². The Morgan fingerprint density at radius 1 is 1.32 bits per heavy atom. The van der Waals surface area contributed by atoms with Gasteiger partial charge < -0.3 is 19.5 Å². The molecule has 1 atom stereocenters. The second kappa shape index (κ2) is 7.31. The highest BCUT2D eigenvalue weighted by molar-refractivity contribution is 6.13. The van der Waals surface area contributed by atoms with Crippen molar-refractivity contribution < 1.29 is 29.0 Å². The number of allylic oxidation sites excluding steroid dienone is 2. The van der Waals surface area contributed by atoms with Gasteiger partial charge in [0.1, 0.15) is 0 Å². The van der Waals surface area contributed by atoms with Gasteiger partial charge in [0.05, 0.1) is 25.0 Å². The first kappa shape index (κ1) is 18.4. The minimum Gasteiger partial charge on any atom is -0.466 e. The second-order valence-electron chi connectivity index (χ2n) is 5.27. The lowest BCUT2D eigenvalue weighted by atomic mass is 9.86. The number of methoxy groups -OCH3 is 1. The molecule has 7 nitrogen and oxygen atoms in total. The molecule has 0 aliphatic carbocycles. The largest absolute Gasteiger partial charge is 0.466 e. The predicted octanol–water partition coefficient (Wildman–Crippen LogP) is 1.07. The summed E-state index contributed by atoms with van der Waals surface area (Å²) in [5.74, 6) is -2.17. The number of amides is 1. The van der Waals surface area contributed by atoms with Crippen LogP contribution in [-0.2, 0) is 29.5 Å². The van der Waals surface area contributed by atoms with E-state index in [1.54, 1.807) is 31.2 Å². The number of ether oxygens (including phenoxy) is 2. The van der Waals surface area contributed by atoms with Gasteiger partial charge in [-0.1, -0.05) is 24.3 Å². The van der Waals surface area contributed by atoms with Gasteiger partial charge in [-0.2, -0.15) is 0 Å². The SMILES string of the molecule is CCOC(=O)/C(=C\C=C\C(=O)OC)C1(O)C(=O)N(C)c2ccccc21. The number of fused-ring (bicyclic) bond motifs is 1. The molecule has 132 valence electrons. The van der Waals surface area contributed by atoms with Crippen molar-refractivity contribution in [1.82, 2.24) is 0 Å². The number of anilines is 1. The van der Waals surface area contributed by atoms with Crippen molar-refractivity contribution in [2.45, 2.75) is 12.5 Å². The molecule has 1 aliphatic heterocycles. The fourth-order valence-electron chi connectivity index (χ4n) is 2.64. The molecule has 1 aromatic rings. The van der Waals surface area contributed by atoms with Gasteiger partial charge in [-0.05, 0) is 19.1 Å². The Morgan fingerprint density at radius 3 is 2.64 bits per heavy atom. The number of likely N-dealkylation sites (N-methyl/N-ethyl adjacent to an activating group) is 1. The van der Waals surface area contributed by atoms with E-state index < -0.39 is 23.4 Å². The molecule has 0 saturated heterocycles. The quantitative estimate of drug-likeness (QED) is 0.487. The lowest BCUT2D eigenvalue weighted by Gasteiger charge is -2.23. The zero-order valence-corrected chi connectivity index (χ0v) is 14.2. The Morgan fingerprint density at radius 2 is 2.00 bits per heavy atom. The minimum absolute atomic E-state index is 0.0681. The zero-order valence-electron chi connectivity index (χ0n) is 14.2. The molecule has 1 N–H and O–H groups in total. The number of benzene rings is 1. The summed E-state index contributed by atoms with van der Waals surface area (Å²) >= 11 is 0. The highest BCUT2D eigenvalue weighted by atomic mass is 16.5.